The number of halogens is 2. The second-order valence-electron chi connectivity index (χ2n) is 10.0. The van der Waals surface area contributed by atoms with Gasteiger partial charge in [-0.1, -0.05) is 47.5 Å². The lowest BCUT2D eigenvalue weighted by Crippen LogP contribution is -2.54. The molecule has 4 bridgehead atoms. The summed E-state index contributed by atoms with van der Waals surface area (Å²) in [6.07, 6.45) is 8.79. The highest BCUT2D eigenvalue weighted by Crippen LogP contribution is 2.61. The van der Waals surface area contributed by atoms with Gasteiger partial charge in [0, 0.05) is 18.2 Å². The van der Waals surface area contributed by atoms with Crippen molar-refractivity contribution in [2.45, 2.75) is 64.6 Å². The van der Waals surface area contributed by atoms with Gasteiger partial charge < -0.3 is 10.1 Å². The van der Waals surface area contributed by atoms with Crippen molar-refractivity contribution in [2.24, 2.45) is 23.2 Å². The summed E-state index contributed by atoms with van der Waals surface area (Å²) in [4.78, 5) is 0. The van der Waals surface area contributed by atoms with Crippen LogP contribution in [0.15, 0.2) is 42.5 Å². The van der Waals surface area contributed by atoms with Crippen LogP contribution < -0.4 is 10.1 Å². The summed E-state index contributed by atoms with van der Waals surface area (Å²) in [5.41, 5.74) is 2.76. The normalized spacial score (nSPS) is 30.4. The van der Waals surface area contributed by atoms with Gasteiger partial charge in [0.1, 0.15) is 12.4 Å². The minimum absolute atomic E-state index is 0.485. The largest absolute Gasteiger partial charge is 0.489 e. The van der Waals surface area contributed by atoms with Crippen molar-refractivity contribution in [3.05, 3.63) is 63.6 Å². The maximum Gasteiger partial charge on any atom is 0.124 e. The quantitative estimate of drug-likeness (QED) is 0.485. The minimum Gasteiger partial charge on any atom is -0.489 e. The van der Waals surface area contributed by atoms with E-state index < -0.39 is 0 Å². The molecule has 2 nitrogen and oxygen atoms in total. The molecule has 2 aromatic carbocycles. The molecule has 0 heterocycles. The molecule has 0 amide bonds. The standard InChI is InChI=1S/C26H31Cl2NO/c1-17(26-12-19-8-20(13-26)10-21(9-19)14-26)29-15-22-4-2-3-5-25(22)30-16-18-6-7-23(27)24(28)11-18/h2-7,11,17,19-21,29H,8-10,12-16H2,1H3. The highest BCUT2D eigenvalue weighted by atomic mass is 35.5. The van der Waals surface area contributed by atoms with E-state index in [1.54, 1.807) is 0 Å². The van der Waals surface area contributed by atoms with Crippen molar-refractivity contribution in [3.8, 4) is 5.75 Å². The van der Waals surface area contributed by atoms with Gasteiger partial charge in [-0.15, -0.1) is 0 Å². The van der Waals surface area contributed by atoms with E-state index in [0.717, 1.165) is 35.6 Å². The zero-order valence-corrected chi connectivity index (χ0v) is 19.2. The fraction of sp³-hybridized carbons (Fsp3) is 0.538. The molecule has 1 atom stereocenters. The summed E-state index contributed by atoms with van der Waals surface area (Å²) in [6.45, 7) is 3.76. The van der Waals surface area contributed by atoms with Gasteiger partial charge in [-0.05, 0) is 92.4 Å². The van der Waals surface area contributed by atoms with Crippen molar-refractivity contribution in [3.63, 3.8) is 0 Å². The Bertz CT molecular complexity index is 876. The van der Waals surface area contributed by atoms with E-state index >= 15 is 0 Å². The minimum atomic E-state index is 0.485. The lowest BCUT2D eigenvalue weighted by Gasteiger charge is -2.59. The lowest BCUT2D eigenvalue weighted by molar-refractivity contribution is -0.0706. The first-order valence-electron chi connectivity index (χ1n) is 11.4. The molecule has 4 saturated carbocycles. The molecular formula is C26H31Cl2NO. The molecule has 0 radical (unpaired) electrons. The third-order valence-corrected chi connectivity index (χ3v) is 8.69. The number of nitrogens with one attached hydrogen (secondary N) is 1. The van der Waals surface area contributed by atoms with Crippen LogP contribution >= 0.6 is 23.2 Å². The highest BCUT2D eigenvalue weighted by Gasteiger charge is 2.52. The number of benzene rings is 2. The van der Waals surface area contributed by atoms with Crippen LogP contribution in [-0.2, 0) is 13.2 Å². The summed E-state index contributed by atoms with van der Waals surface area (Å²) in [6, 6.07) is 14.6. The van der Waals surface area contributed by atoms with Crippen molar-refractivity contribution in [1.29, 1.82) is 0 Å². The first-order valence-corrected chi connectivity index (χ1v) is 12.1. The Morgan fingerprint density at radius 3 is 2.30 bits per heavy atom. The Morgan fingerprint density at radius 1 is 0.967 bits per heavy atom. The van der Waals surface area contributed by atoms with Crippen LogP contribution in [-0.4, -0.2) is 6.04 Å². The van der Waals surface area contributed by atoms with Gasteiger partial charge in [0.15, 0.2) is 0 Å². The topological polar surface area (TPSA) is 21.3 Å². The van der Waals surface area contributed by atoms with Gasteiger partial charge in [0.25, 0.3) is 0 Å². The average molecular weight is 444 g/mol. The Labute approximate surface area is 190 Å². The van der Waals surface area contributed by atoms with Crippen LogP contribution in [0.4, 0.5) is 0 Å². The van der Waals surface area contributed by atoms with E-state index in [1.165, 1.54) is 44.1 Å². The molecule has 6 rings (SSSR count). The summed E-state index contributed by atoms with van der Waals surface area (Å²) >= 11 is 12.2. The molecule has 0 spiro atoms. The van der Waals surface area contributed by atoms with Crippen LogP contribution in [0.2, 0.25) is 10.0 Å². The zero-order valence-electron chi connectivity index (χ0n) is 17.7. The van der Waals surface area contributed by atoms with Crippen LogP contribution in [0, 0.1) is 23.2 Å². The number of ether oxygens (including phenoxy) is 1. The molecule has 160 valence electrons. The van der Waals surface area contributed by atoms with E-state index in [-0.39, 0.29) is 0 Å². The Kier molecular flexibility index (Phi) is 5.77. The fourth-order valence-electron chi connectivity index (χ4n) is 6.77. The Balaban J connectivity index is 1.23. The second-order valence-corrected chi connectivity index (χ2v) is 10.8. The molecule has 0 saturated heterocycles. The van der Waals surface area contributed by atoms with E-state index in [0.29, 0.717) is 28.1 Å². The second kappa shape index (κ2) is 8.37. The number of hydrogen-bond donors (Lipinski definition) is 1. The molecule has 4 fully saturated rings. The Morgan fingerprint density at radius 2 is 1.63 bits per heavy atom. The van der Waals surface area contributed by atoms with Crippen LogP contribution in [0.5, 0.6) is 5.75 Å². The number of rotatable bonds is 7. The van der Waals surface area contributed by atoms with Crippen LogP contribution in [0.3, 0.4) is 0 Å². The molecule has 1 N–H and O–H groups in total. The predicted molar refractivity (Wildman–Crippen MR) is 124 cm³/mol. The van der Waals surface area contributed by atoms with Gasteiger partial charge in [-0.25, -0.2) is 0 Å². The summed E-state index contributed by atoms with van der Waals surface area (Å²) in [5, 5.41) is 5.03. The first kappa shape index (κ1) is 20.7. The molecular weight excluding hydrogens is 413 g/mol. The maximum absolute atomic E-state index is 6.16. The van der Waals surface area contributed by atoms with Gasteiger partial charge in [0.05, 0.1) is 10.0 Å². The van der Waals surface area contributed by atoms with Gasteiger partial charge in [-0.2, -0.15) is 0 Å². The monoisotopic (exact) mass is 443 g/mol. The maximum atomic E-state index is 6.16. The first-order chi connectivity index (χ1) is 14.5. The third kappa shape index (κ3) is 4.11. The van der Waals surface area contributed by atoms with Crippen molar-refractivity contribution in [2.75, 3.05) is 0 Å². The predicted octanol–water partition coefficient (Wildman–Crippen LogP) is 7.27. The smallest absolute Gasteiger partial charge is 0.124 e. The molecule has 1 unspecified atom stereocenters. The van der Waals surface area contributed by atoms with Crippen LogP contribution in [0.1, 0.15) is 56.6 Å². The molecule has 4 aliphatic rings. The lowest BCUT2D eigenvalue weighted by atomic mass is 9.48. The number of para-hydroxylation sites is 1. The molecule has 4 heteroatoms. The average Bonchev–Trinajstić information content (AvgIpc) is 2.72. The van der Waals surface area contributed by atoms with Gasteiger partial charge in [-0.3, -0.25) is 0 Å². The molecule has 2 aromatic rings. The summed E-state index contributed by atoms with van der Waals surface area (Å²) < 4.78 is 6.16. The van der Waals surface area contributed by atoms with E-state index in [2.05, 4.69) is 30.4 Å². The SMILES string of the molecule is CC(NCc1ccccc1OCc1ccc(Cl)c(Cl)c1)C12CC3CC(CC(C3)C1)C2. The molecule has 4 aliphatic carbocycles. The van der Waals surface area contributed by atoms with Gasteiger partial charge in [0.2, 0.25) is 0 Å². The van der Waals surface area contributed by atoms with Crippen molar-refractivity contribution < 1.29 is 4.74 Å². The van der Waals surface area contributed by atoms with Crippen LogP contribution in [0.25, 0.3) is 0 Å². The Hall–Kier alpha value is -1.22. The highest BCUT2D eigenvalue weighted by molar-refractivity contribution is 6.42. The fourth-order valence-corrected chi connectivity index (χ4v) is 7.09. The van der Waals surface area contributed by atoms with E-state index in [1.807, 2.05) is 24.3 Å². The number of hydrogen-bond acceptors (Lipinski definition) is 2. The van der Waals surface area contributed by atoms with Gasteiger partial charge >= 0.3 is 0 Å². The summed E-state index contributed by atoms with van der Waals surface area (Å²) in [5.74, 6) is 3.90. The molecule has 0 aliphatic heterocycles. The van der Waals surface area contributed by atoms with E-state index in [9.17, 15) is 0 Å². The molecule has 0 aromatic heterocycles. The summed E-state index contributed by atoms with van der Waals surface area (Å²) in [7, 11) is 0. The van der Waals surface area contributed by atoms with Crippen molar-refractivity contribution in [1.82, 2.24) is 5.32 Å². The van der Waals surface area contributed by atoms with Crippen molar-refractivity contribution >= 4 is 23.2 Å². The molecule has 30 heavy (non-hydrogen) atoms. The zero-order chi connectivity index (χ0) is 20.7. The van der Waals surface area contributed by atoms with E-state index in [4.69, 9.17) is 27.9 Å². The third-order valence-electron chi connectivity index (χ3n) is 7.95.